The molecular formula is C13H29IN4O2S. The van der Waals surface area contributed by atoms with Crippen LogP contribution in [0.25, 0.3) is 0 Å². The van der Waals surface area contributed by atoms with Gasteiger partial charge < -0.3 is 10.2 Å². The van der Waals surface area contributed by atoms with Gasteiger partial charge in [0.25, 0.3) is 0 Å². The van der Waals surface area contributed by atoms with E-state index in [9.17, 15) is 8.42 Å². The molecule has 0 bridgehead atoms. The minimum Gasteiger partial charge on any atom is -0.357 e. The Hall–Kier alpha value is -0.350. The van der Waals surface area contributed by atoms with Crippen LogP contribution in [0.3, 0.4) is 0 Å². The molecule has 21 heavy (non-hydrogen) atoms. The van der Waals surface area contributed by atoms with Crippen LogP contribution in [0.1, 0.15) is 26.7 Å². The molecule has 0 aromatic rings. The quantitative estimate of drug-likeness (QED) is 0.180. The van der Waals surface area contributed by atoms with Crippen LogP contribution in [0.4, 0.5) is 0 Å². The third-order valence-electron chi connectivity index (χ3n) is 2.67. The molecule has 0 aromatic carbocycles. The average molecular weight is 432 g/mol. The highest BCUT2D eigenvalue weighted by Crippen LogP contribution is 1.94. The summed E-state index contributed by atoms with van der Waals surface area (Å²) in [6, 6.07) is 0. The Balaban J connectivity index is 0. The first-order chi connectivity index (χ1) is 9.46. The molecule has 0 unspecified atom stereocenters. The molecule has 126 valence electrons. The van der Waals surface area contributed by atoms with E-state index in [4.69, 9.17) is 0 Å². The normalized spacial score (nSPS) is 11.7. The van der Waals surface area contributed by atoms with Crippen molar-refractivity contribution in [3.05, 3.63) is 12.7 Å². The fourth-order valence-corrected chi connectivity index (χ4v) is 2.12. The highest BCUT2D eigenvalue weighted by molar-refractivity contribution is 14.0. The number of sulfonamides is 1. The van der Waals surface area contributed by atoms with E-state index < -0.39 is 10.0 Å². The van der Waals surface area contributed by atoms with E-state index in [2.05, 4.69) is 21.6 Å². The third kappa shape index (κ3) is 11.9. The molecule has 0 heterocycles. The van der Waals surface area contributed by atoms with Crippen molar-refractivity contribution >= 4 is 40.0 Å². The lowest BCUT2D eigenvalue weighted by atomic mass is 10.3. The van der Waals surface area contributed by atoms with Gasteiger partial charge in [-0.15, -0.1) is 30.6 Å². The number of nitrogens with zero attached hydrogens (tertiary/aromatic N) is 2. The van der Waals surface area contributed by atoms with E-state index >= 15 is 0 Å². The Bertz CT molecular complexity index is 399. The van der Waals surface area contributed by atoms with Crippen LogP contribution in [0.15, 0.2) is 17.6 Å². The predicted octanol–water partition coefficient (Wildman–Crippen LogP) is 1.41. The third-order valence-corrected chi connectivity index (χ3v) is 4.08. The molecular weight excluding hydrogens is 403 g/mol. The van der Waals surface area contributed by atoms with Crippen molar-refractivity contribution in [2.24, 2.45) is 4.99 Å². The molecule has 0 saturated carbocycles. The van der Waals surface area contributed by atoms with Crippen molar-refractivity contribution in [3.63, 3.8) is 0 Å². The van der Waals surface area contributed by atoms with Gasteiger partial charge in [0.2, 0.25) is 10.0 Å². The van der Waals surface area contributed by atoms with Gasteiger partial charge in [-0.1, -0.05) is 6.08 Å². The fourth-order valence-electron chi connectivity index (χ4n) is 1.51. The van der Waals surface area contributed by atoms with Gasteiger partial charge in [0.15, 0.2) is 5.96 Å². The summed E-state index contributed by atoms with van der Waals surface area (Å²) in [5, 5.41) is 3.19. The number of aliphatic imine (C=N–C) groups is 1. The number of allylic oxidation sites excluding steroid dienone is 1. The molecule has 0 saturated heterocycles. The molecule has 0 rings (SSSR count). The second-order valence-corrected chi connectivity index (χ2v) is 6.48. The first-order valence-corrected chi connectivity index (χ1v) is 8.69. The number of nitrogens with one attached hydrogen (secondary N) is 2. The Kier molecular flexibility index (Phi) is 14.5. The van der Waals surface area contributed by atoms with Gasteiger partial charge in [-0.25, -0.2) is 13.1 Å². The summed E-state index contributed by atoms with van der Waals surface area (Å²) < 4.78 is 25.1. The zero-order valence-electron chi connectivity index (χ0n) is 13.3. The van der Waals surface area contributed by atoms with Crippen LogP contribution in [-0.2, 0) is 10.0 Å². The topological polar surface area (TPSA) is 73.8 Å². The summed E-state index contributed by atoms with van der Waals surface area (Å²) >= 11 is 0. The smallest absolute Gasteiger partial charge is 0.211 e. The maximum absolute atomic E-state index is 11.3. The van der Waals surface area contributed by atoms with E-state index in [1.165, 1.54) is 0 Å². The van der Waals surface area contributed by atoms with Crippen LogP contribution >= 0.6 is 24.0 Å². The summed E-state index contributed by atoms with van der Waals surface area (Å²) in [5.41, 5.74) is 0. The second kappa shape index (κ2) is 13.3. The first-order valence-electron chi connectivity index (χ1n) is 7.04. The predicted molar refractivity (Wildman–Crippen MR) is 101 cm³/mol. The number of guanidine groups is 1. The molecule has 0 amide bonds. The van der Waals surface area contributed by atoms with Gasteiger partial charge in [0.1, 0.15) is 0 Å². The van der Waals surface area contributed by atoms with Gasteiger partial charge >= 0.3 is 0 Å². The van der Waals surface area contributed by atoms with Crippen molar-refractivity contribution in [1.29, 1.82) is 0 Å². The number of hydrogen-bond acceptors (Lipinski definition) is 3. The molecule has 0 atom stereocenters. The Labute approximate surface area is 146 Å². The molecule has 0 aromatic heterocycles. The summed E-state index contributed by atoms with van der Waals surface area (Å²) in [5.74, 6) is 0.894. The molecule has 0 aliphatic rings. The van der Waals surface area contributed by atoms with E-state index in [1.807, 2.05) is 24.9 Å². The Morgan fingerprint density at radius 2 is 2.05 bits per heavy atom. The SMILES string of the molecule is C=CCCCN(C)C(=NCCNS(=O)(=O)CC)NCC.I. The lowest BCUT2D eigenvalue weighted by Gasteiger charge is -2.21. The highest BCUT2D eigenvalue weighted by Gasteiger charge is 2.06. The molecule has 6 nitrogen and oxygen atoms in total. The number of rotatable bonds is 10. The van der Waals surface area contributed by atoms with Crippen LogP contribution in [0.5, 0.6) is 0 Å². The highest BCUT2D eigenvalue weighted by atomic mass is 127. The van der Waals surface area contributed by atoms with E-state index in [0.29, 0.717) is 13.1 Å². The van der Waals surface area contributed by atoms with Crippen molar-refractivity contribution in [1.82, 2.24) is 14.9 Å². The van der Waals surface area contributed by atoms with Gasteiger partial charge in [-0.05, 0) is 26.7 Å². The van der Waals surface area contributed by atoms with Crippen LogP contribution in [-0.4, -0.2) is 58.3 Å². The maximum Gasteiger partial charge on any atom is 0.211 e. The summed E-state index contributed by atoms with van der Waals surface area (Å²) in [7, 11) is -1.16. The van der Waals surface area contributed by atoms with Crippen molar-refractivity contribution in [2.75, 3.05) is 39.0 Å². The molecule has 0 aliphatic heterocycles. The first kappa shape index (κ1) is 22.9. The number of hydrogen-bond donors (Lipinski definition) is 2. The molecule has 0 aliphatic carbocycles. The molecule has 0 fully saturated rings. The van der Waals surface area contributed by atoms with Crippen molar-refractivity contribution < 1.29 is 8.42 Å². The minimum atomic E-state index is -3.13. The van der Waals surface area contributed by atoms with Gasteiger partial charge in [0.05, 0.1) is 12.3 Å². The van der Waals surface area contributed by atoms with Crippen LogP contribution < -0.4 is 10.0 Å². The summed E-state index contributed by atoms with van der Waals surface area (Å²) in [6.07, 6.45) is 3.89. The van der Waals surface area contributed by atoms with Crippen molar-refractivity contribution in [2.45, 2.75) is 26.7 Å². The van der Waals surface area contributed by atoms with Gasteiger partial charge in [-0.2, -0.15) is 0 Å². The standard InChI is InChI=1S/C13H28N4O2S.HI/c1-5-8-9-12-17(4)13(14-6-2)15-10-11-16-20(18,19)7-3;/h5,16H,1,6-12H2,2-4H3,(H,14,15);1H. The zero-order chi connectivity index (χ0) is 15.4. The number of halogens is 1. The van der Waals surface area contributed by atoms with Crippen molar-refractivity contribution in [3.8, 4) is 0 Å². The van der Waals surface area contributed by atoms with Crippen LogP contribution in [0, 0.1) is 0 Å². The van der Waals surface area contributed by atoms with Gasteiger partial charge in [0, 0.05) is 26.7 Å². The largest absolute Gasteiger partial charge is 0.357 e. The van der Waals surface area contributed by atoms with E-state index in [-0.39, 0.29) is 29.7 Å². The van der Waals surface area contributed by atoms with Gasteiger partial charge in [-0.3, -0.25) is 4.99 Å². The van der Waals surface area contributed by atoms with E-state index in [1.54, 1.807) is 6.92 Å². The minimum absolute atomic E-state index is 0. The molecule has 0 spiro atoms. The lowest BCUT2D eigenvalue weighted by molar-refractivity contribution is 0.470. The Morgan fingerprint density at radius 1 is 1.38 bits per heavy atom. The zero-order valence-corrected chi connectivity index (χ0v) is 16.4. The second-order valence-electron chi connectivity index (χ2n) is 4.39. The molecule has 8 heteroatoms. The van der Waals surface area contributed by atoms with E-state index in [0.717, 1.165) is 31.9 Å². The molecule has 0 radical (unpaired) electrons. The fraction of sp³-hybridized carbons (Fsp3) is 0.769. The summed E-state index contributed by atoms with van der Waals surface area (Å²) in [4.78, 5) is 6.45. The average Bonchev–Trinajstić information content (AvgIpc) is 2.42. The maximum atomic E-state index is 11.3. The molecule has 2 N–H and O–H groups in total. The van der Waals surface area contributed by atoms with Crippen LogP contribution in [0.2, 0.25) is 0 Å². The monoisotopic (exact) mass is 432 g/mol. The number of unbranched alkanes of at least 4 members (excludes halogenated alkanes) is 1. The lowest BCUT2D eigenvalue weighted by Crippen LogP contribution is -2.40. The summed E-state index contributed by atoms with van der Waals surface area (Å²) in [6.45, 7) is 9.74. The Morgan fingerprint density at radius 3 is 2.57 bits per heavy atom.